The molecule has 6 amide bonds. The minimum Gasteiger partial charge on any atom is -0.373 e. The molecular weight excluding hydrogens is 470 g/mol. The predicted octanol–water partition coefficient (Wildman–Crippen LogP) is 1.47. The summed E-state index contributed by atoms with van der Waals surface area (Å²) in [6.07, 6.45) is 2.42. The van der Waals surface area contributed by atoms with E-state index in [0.29, 0.717) is 19.3 Å². The molecule has 3 rings (SSSR count). The van der Waals surface area contributed by atoms with Crippen molar-refractivity contribution in [2.45, 2.75) is 43.9 Å². The molecule has 4 unspecified atom stereocenters. The highest BCUT2D eigenvalue weighted by molar-refractivity contribution is 6.63. The summed E-state index contributed by atoms with van der Waals surface area (Å²) in [6.45, 7) is 2.70. The first kappa shape index (κ1) is 26.5. The average Bonchev–Trinajstić information content (AvgIpc) is 2.79. The lowest BCUT2D eigenvalue weighted by Gasteiger charge is -2.59. The fraction of sp³-hybridized carbons (Fsp3) is 0.842. The maximum absolute atomic E-state index is 14.4. The van der Waals surface area contributed by atoms with Gasteiger partial charge in [-0.25, -0.2) is 9.59 Å². The van der Waals surface area contributed by atoms with Crippen LogP contribution in [-0.2, 0) is 26.6 Å². The van der Waals surface area contributed by atoms with Gasteiger partial charge in [0.05, 0.1) is 12.8 Å². The Kier molecular flexibility index (Phi) is 7.65. The molecule has 14 heteroatoms. The maximum atomic E-state index is 14.4. The standard InChI is InChI=1S/C19H37N3O9Si2/c1-8-9-12-20-17(23)21(13-10-15(21)32(26-2,27-3)28-4)19(25)22(18(20)24)14-11-16(22)33(29-5,30-6)31-7/h15-16H,8-14H2,1-7H3/q+2. The van der Waals surface area contributed by atoms with E-state index < -0.39 is 56.0 Å². The van der Waals surface area contributed by atoms with E-state index in [9.17, 15) is 14.4 Å². The van der Waals surface area contributed by atoms with Crippen LogP contribution >= 0.6 is 0 Å². The molecule has 3 aliphatic heterocycles. The van der Waals surface area contributed by atoms with Crippen LogP contribution in [-0.4, -0.2) is 123 Å². The number of amides is 6. The lowest BCUT2D eigenvalue weighted by Crippen LogP contribution is -2.94. The highest BCUT2D eigenvalue weighted by Crippen LogP contribution is 2.49. The van der Waals surface area contributed by atoms with Gasteiger partial charge in [-0.1, -0.05) is 13.3 Å². The Hall–Kier alpha value is -1.08. The molecule has 0 aromatic heterocycles. The first-order valence-corrected chi connectivity index (χ1v) is 14.8. The molecule has 12 nitrogen and oxygen atoms in total. The zero-order chi connectivity index (χ0) is 24.7. The van der Waals surface area contributed by atoms with E-state index in [1.54, 1.807) is 0 Å². The topological polar surface area (TPSA) is 110 Å². The summed E-state index contributed by atoms with van der Waals surface area (Å²) in [5, 5.41) is 0. The van der Waals surface area contributed by atoms with E-state index >= 15 is 0 Å². The third kappa shape index (κ3) is 3.27. The number of imide groups is 3. The van der Waals surface area contributed by atoms with Crippen LogP contribution in [0.4, 0.5) is 14.4 Å². The fourth-order valence-corrected chi connectivity index (χ4v) is 11.0. The Balaban J connectivity index is 2.18. The van der Waals surface area contributed by atoms with Crippen LogP contribution in [0.2, 0.25) is 0 Å². The molecular formula is C19H37N3O9Si2+2. The Morgan fingerprint density at radius 1 is 0.758 bits per heavy atom. The van der Waals surface area contributed by atoms with Gasteiger partial charge >= 0.3 is 35.7 Å². The Morgan fingerprint density at radius 3 is 1.36 bits per heavy atom. The largest absolute Gasteiger partial charge is 0.563 e. The molecule has 0 bridgehead atoms. The van der Waals surface area contributed by atoms with Gasteiger partial charge in [0.15, 0.2) is 11.3 Å². The zero-order valence-corrected chi connectivity index (χ0v) is 22.6. The van der Waals surface area contributed by atoms with Gasteiger partial charge in [-0.3, -0.25) is 0 Å². The maximum Gasteiger partial charge on any atom is 0.563 e. The SMILES string of the molecule is CCCCN1C(=O)[N+]2(CCC2[Si](OC)(OC)OC)C(=O)[N+]2(CCC2[Si](OC)(OC)OC)C1=O. The monoisotopic (exact) mass is 507 g/mol. The van der Waals surface area contributed by atoms with Crippen molar-refractivity contribution in [1.29, 1.82) is 0 Å². The number of rotatable bonds is 11. The average molecular weight is 508 g/mol. The van der Waals surface area contributed by atoms with E-state index in [0.717, 1.165) is 6.42 Å². The van der Waals surface area contributed by atoms with Gasteiger partial charge in [0.2, 0.25) is 0 Å². The van der Waals surface area contributed by atoms with Crippen molar-refractivity contribution < 1.29 is 49.9 Å². The Bertz CT molecular complexity index is 720. The molecule has 3 fully saturated rings. The minimum atomic E-state index is -3.40. The summed E-state index contributed by atoms with van der Waals surface area (Å²) >= 11 is 0. The molecule has 33 heavy (non-hydrogen) atoms. The molecule has 3 aliphatic rings. The van der Waals surface area contributed by atoms with Gasteiger partial charge in [0.25, 0.3) is 0 Å². The van der Waals surface area contributed by atoms with Crippen LogP contribution in [0.1, 0.15) is 32.6 Å². The van der Waals surface area contributed by atoms with Crippen LogP contribution in [0.5, 0.6) is 0 Å². The summed E-state index contributed by atoms with van der Waals surface area (Å²) in [4.78, 5) is 43.4. The molecule has 0 radical (unpaired) electrons. The third-order valence-electron chi connectivity index (χ3n) is 7.66. The van der Waals surface area contributed by atoms with Gasteiger partial charge in [-0.15, -0.1) is 8.97 Å². The van der Waals surface area contributed by atoms with Crippen LogP contribution in [0.3, 0.4) is 0 Å². The van der Waals surface area contributed by atoms with Crippen molar-refractivity contribution in [2.24, 2.45) is 0 Å². The third-order valence-corrected chi connectivity index (χ3v) is 14.2. The quantitative estimate of drug-likeness (QED) is 0.303. The Morgan fingerprint density at radius 2 is 1.12 bits per heavy atom. The second kappa shape index (κ2) is 9.52. The molecule has 0 aromatic carbocycles. The van der Waals surface area contributed by atoms with Gasteiger partial charge in [0.1, 0.15) is 13.1 Å². The summed E-state index contributed by atoms with van der Waals surface area (Å²) in [5.41, 5.74) is -1.29. The summed E-state index contributed by atoms with van der Waals surface area (Å²) in [6, 6.07) is -1.57. The molecule has 3 heterocycles. The molecule has 0 aliphatic carbocycles. The summed E-state index contributed by atoms with van der Waals surface area (Å²) in [7, 11) is 1.96. The lowest BCUT2D eigenvalue weighted by atomic mass is 10.0. The van der Waals surface area contributed by atoms with Gasteiger partial charge in [-0.05, 0) is 6.42 Å². The fourth-order valence-electron chi connectivity index (χ4n) is 5.66. The molecule has 188 valence electrons. The molecule has 0 N–H and O–H groups in total. The van der Waals surface area contributed by atoms with E-state index in [1.807, 2.05) is 6.92 Å². The number of nitrogens with zero attached hydrogens (tertiary/aromatic N) is 3. The molecule has 0 saturated carbocycles. The van der Waals surface area contributed by atoms with Crippen molar-refractivity contribution in [3.05, 3.63) is 0 Å². The van der Waals surface area contributed by atoms with E-state index in [1.165, 1.54) is 47.6 Å². The molecule has 4 atom stereocenters. The lowest BCUT2D eigenvalue weighted by molar-refractivity contribution is -0.964. The first-order valence-electron chi connectivity index (χ1n) is 11.2. The minimum absolute atomic E-state index is 0.226. The molecule has 3 saturated heterocycles. The number of urea groups is 3. The number of carbonyl (C=O) groups is 3. The van der Waals surface area contributed by atoms with Crippen molar-refractivity contribution in [3.8, 4) is 0 Å². The number of carbonyl (C=O) groups excluding carboxylic acids is 3. The van der Waals surface area contributed by atoms with E-state index in [-0.39, 0.29) is 19.6 Å². The van der Waals surface area contributed by atoms with Crippen LogP contribution < -0.4 is 0 Å². The van der Waals surface area contributed by atoms with Crippen LogP contribution in [0.15, 0.2) is 0 Å². The van der Waals surface area contributed by atoms with Crippen molar-refractivity contribution in [3.63, 3.8) is 0 Å². The van der Waals surface area contributed by atoms with Crippen molar-refractivity contribution >= 4 is 35.7 Å². The van der Waals surface area contributed by atoms with Gasteiger partial charge < -0.3 is 26.6 Å². The molecule has 0 aromatic rings. The Labute approximate surface area is 197 Å². The second-order valence-corrected chi connectivity index (χ2v) is 14.8. The smallest absolute Gasteiger partial charge is 0.373 e. The van der Waals surface area contributed by atoms with Crippen LogP contribution in [0.25, 0.3) is 0 Å². The predicted molar refractivity (Wildman–Crippen MR) is 118 cm³/mol. The normalized spacial score (nSPS) is 32.5. The number of quaternary nitrogens is 2. The number of hydrogen-bond acceptors (Lipinski definition) is 9. The van der Waals surface area contributed by atoms with Gasteiger partial charge in [0, 0.05) is 49.2 Å². The van der Waals surface area contributed by atoms with Crippen LogP contribution in [0, 0.1) is 0 Å². The summed E-state index contributed by atoms with van der Waals surface area (Å²) in [5.74, 6) is 0. The van der Waals surface area contributed by atoms with Crippen molar-refractivity contribution in [1.82, 2.24) is 4.90 Å². The number of unbranched alkanes of at least 4 members (excludes halogenated alkanes) is 1. The highest BCUT2D eigenvalue weighted by Gasteiger charge is 2.86. The molecule has 2 spiro atoms. The van der Waals surface area contributed by atoms with E-state index in [4.69, 9.17) is 26.6 Å². The second-order valence-electron chi connectivity index (χ2n) is 8.58. The van der Waals surface area contributed by atoms with Crippen molar-refractivity contribution in [2.75, 3.05) is 62.3 Å². The van der Waals surface area contributed by atoms with E-state index in [2.05, 4.69) is 0 Å². The first-order chi connectivity index (χ1) is 15.7. The summed E-state index contributed by atoms with van der Waals surface area (Å²) < 4.78 is 33.0. The highest BCUT2D eigenvalue weighted by atomic mass is 28.4. The number of hydrogen-bond donors (Lipinski definition) is 0. The van der Waals surface area contributed by atoms with Gasteiger partial charge in [-0.2, -0.15) is 9.69 Å². The zero-order valence-electron chi connectivity index (χ0n) is 20.6.